The number of carbonyl (C=O) groups excluding carboxylic acids is 1. The van der Waals surface area contributed by atoms with Crippen molar-refractivity contribution in [3.05, 3.63) is 59.5 Å². The molecule has 0 saturated carbocycles. The van der Waals surface area contributed by atoms with Crippen molar-refractivity contribution >= 4 is 6.41 Å². The van der Waals surface area contributed by atoms with Gasteiger partial charge in [0.25, 0.3) is 0 Å². The van der Waals surface area contributed by atoms with Crippen LogP contribution in [0.1, 0.15) is 30.9 Å². The highest BCUT2D eigenvalue weighted by atomic mass is 19.4. The molecule has 178 valence electrons. The van der Waals surface area contributed by atoms with Crippen molar-refractivity contribution in [2.75, 3.05) is 26.9 Å². The van der Waals surface area contributed by atoms with Gasteiger partial charge in [0.1, 0.15) is 5.82 Å². The van der Waals surface area contributed by atoms with Crippen LogP contribution in [0.15, 0.2) is 42.6 Å². The van der Waals surface area contributed by atoms with Crippen LogP contribution in [0.5, 0.6) is 5.88 Å². The van der Waals surface area contributed by atoms with E-state index in [4.69, 9.17) is 4.74 Å². The largest absolute Gasteiger partial charge is 0.468 e. The third-order valence-corrected chi connectivity index (χ3v) is 4.22. The number of carbonyl (C=O) groups is 1. The zero-order chi connectivity index (χ0) is 24.0. The van der Waals surface area contributed by atoms with Gasteiger partial charge in [0.05, 0.1) is 19.3 Å². The molecule has 1 aromatic carbocycles. The standard InChI is InChI=1S/C11H12FNO2.C9H11F3N2O.C2H6/c12-9-3-1-8(2-4-9)10-5-15-6-11(10)13-7-14;1-13-5-7-2-3-14-8(4-7)15-6-9(10,11)12;1-2/h1-4,7,10-11H,5-6H2,(H,13,14);2-4,13H,5-6H2,1H3;1-2H3/t10-,11?;;/m0../s1. The number of nitrogens with one attached hydrogen (secondary N) is 2. The Hall–Kier alpha value is -2.72. The topological polar surface area (TPSA) is 72.5 Å². The first-order valence-electron chi connectivity index (χ1n) is 10.1. The minimum Gasteiger partial charge on any atom is -0.468 e. The second-order valence-corrected chi connectivity index (χ2v) is 6.52. The molecule has 32 heavy (non-hydrogen) atoms. The van der Waals surface area contributed by atoms with Crippen molar-refractivity contribution in [1.29, 1.82) is 0 Å². The Labute approximate surface area is 185 Å². The van der Waals surface area contributed by atoms with Gasteiger partial charge in [0.2, 0.25) is 12.3 Å². The number of alkyl halides is 3. The van der Waals surface area contributed by atoms with E-state index in [-0.39, 0.29) is 23.7 Å². The van der Waals surface area contributed by atoms with Gasteiger partial charge >= 0.3 is 6.18 Å². The summed E-state index contributed by atoms with van der Waals surface area (Å²) < 4.78 is 58.0. The van der Waals surface area contributed by atoms with Crippen LogP contribution in [0.2, 0.25) is 0 Å². The van der Waals surface area contributed by atoms with Gasteiger partial charge in [-0.25, -0.2) is 9.37 Å². The Bertz CT molecular complexity index is 789. The van der Waals surface area contributed by atoms with Crippen molar-refractivity contribution in [3.8, 4) is 5.88 Å². The number of amides is 1. The Morgan fingerprint density at radius 2 is 1.88 bits per heavy atom. The van der Waals surface area contributed by atoms with Crippen LogP contribution in [-0.2, 0) is 16.1 Å². The lowest BCUT2D eigenvalue weighted by Gasteiger charge is -2.16. The number of halogens is 4. The second-order valence-electron chi connectivity index (χ2n) is 6.52. The Balaban J connectivity index is 0.000000297. The first-order valence-corrected chi connectivity index (χ1v) is 10.1. The fraction of sp³-hybridized carbons (Fsp3) is 0.455. The number of pyridine rings is 1. The van der Waals surface area contributed by atoms with Gasteiger partial charge < -0.3 is 20.1 Å². The lowest BCUT2D eigenvalue weighted by Crippen LogP contribution is -2.33. The zero-order valence-corrected chi connectivity index (χ0v) is 18.3. The summed E-state index contributed by atoms with van der Waals surface area (Å²) in [5, 5.41) is 5.59. The van der Waals surface area contributed by atoms with E-state index in [2.05, 4.69) is 20.4 Å². The number of nitrogens with zero attached hydrogens (tertiary/aromatic N) is 1. The fourth-order valence-corrected chi connectivity index (χ4v) is 2.84. The monoisotopic (exact) mass is 459 g/mol. The molecule has 0 radical (unpaired) electrons. The molecular weight excluding hydrogens is 430 g/mol. The summed E-state index contributed by atoms with van der Waals surface area (Å²) >= 11 is 0. The van der Waals surface area contributed by atoms with E-state index in [0.717, 1.165) is 11.1 Å². The van der Waals surface area contributed by atoms with E-state index in [9.17, 15) is 22.4 Å². The molecule has 1 aromatic heterocycles. The van der Waals surface area contributed by atoms with Crippen molar-refractivity contribution in [1.82, 2.24) is 15.6 Å². The molecule has 2 N–H and O–H groups in total. The smallest absolute Gasteiger partial charge is 0.422 e. The molecule has 1 aliphatic heterocycles. The molecule has 6 nitrogen and oxygen atoms in total. The lowest BCUT2D eigenvalue weighted by atomic mass is 9.94. The fourth-order valence-electron chi connectivity index (χ4n) is 2.84. The highest BCUT2D eigenvalue weighted by molar-refractivity contribution is 5.47. The van der Waals surface area contributed by atoms with Crippen LogP contribution in [0, 0.1) is 5.82 Å². The molecule has 0 aliphatic carbocycles. The van der Waals surface area contributed by atoms with Crippen LogP contribution in [-0.4, -0.2) is 50.5 Å². The molecule has 0 spiro atoms. The molecule has 1 saturated heterocycles. The van der Waals surface area contributed by atoms with E-state index in [1.54, 1.807) is 25.2 Å². The molecule has 1 fully saturated rings. The first kappa shape index (κ1) is 27.3. The summed E-state index contributed by atoms with van der Waals surface area (Å²) in [6, 6.07) is 9.48. The Kier molecular flexibility index (Phi) is 12.3. The van der Waals surface area contributed by atoms with Crippen LogP contribution < -0.4 is 15.4 Å². The van der Waals surface area contributed by atoms with Gasteiger partial charge in [-0.05, 0) is 36.4 Å². The molecule has 0 bridgehead atoms. The normalized spacial score (nSPS) is 17.3. The van der Waals surface area contributed by atoms with Gasteiger partial charge in [-0.2, -0.15) is 13.2 Å². The molecule has 1 aliphatic rings. The van der Waals surface area contributed by atoms with Crippen LogP contribution in [0.3, 0.4) is 0 Å². The molecule has 2 heterocycles. The van der Waals surface area contributed by atoms with E-state index in [1.807, 2.05) is 13.8 Å². The highest BCUT2D eigenvalue weighted by Crippen LogP contribution is 2.25. The molecule has 2 atom stereocenters. The SMILES string of the molecule is CC.CNCc1ccnc(OCC(F)(F)F)c1.O=CNC1COC[C@H]1c1ccc(F)cc1. The summed E-state index contributed by atoms with van der Waals surface area (Å²) in [7, 11) is 1.75. The van der Waals surface area contributed by atoms with E-state index in [0.29, 0.717) is 26.2 Å². The average Bonchev–Trinajstić information content (AvgIpc) is 3.23. The van der Waals surface area contributed by atoms with Gasteiger partial charge in [-0.3, -0.25) is 4.79 Å². The number of rotatable bonds is 7. The Morgan fingerprint density at radius 3 is 2.47 bits per heavy atom. The summed E-state index contributed by atoms with van der Waals surface area (Å²) in [6.07, 6.45) is -2.24. The van der Waals surface area contributed by atoms with Crippen LogP contribution in [0.4, 0.5) is 17.6 Å². The van der Waals surface area contributed by atoms with Crippen molar-refractivity contribution in [2.45, 2.75) is 38.5 Å². The number of ether oxygens (including phenoxy) is 2. The summed E-state index contributed by atoms with van der Waals surface area (Å²) in [5.74, 6) is -0.145. The predicted molar refractivity (Wildman–Crippen MR) is 113 cm³/mol. The maximum atomic E-state index is 12.7. The average molecular weight is 459 g/mol. The third-order valence-electron chi connectivity index (χ3n) is 4.22. The minimum absolute atomic E-state index is 0.00652. The van der Waals surface area contributed by atoms with Gasteiger partial charge in [-0.15, -0.1) is 0 Å². The molecule has 10 heteroatoms. The quantitative estimate of drug-likeness (QED) is 0.487. The molecular formula is C22H29F4N3O3. The number of hydrogen-bond donors (Lipinski definition) is 2. The third kappa shape index (κ3) is 10.1. The first-order chi connectivity index (χ1) is 15.3. The maximum Gasteiger partial charge on any atom is 0.422 e. The van der Waals surface area contributed by atoms with Crippen LogP contribution in [0.25, 0.3) is 0 Å². The lowest BCUT2D eigenvalue weighted by molar-refractivity contribution is -0.154. The van der Waals surface area contributed by atoms with Crippen LogP contribution >= 0.6 is 0 Å². The van der Waals surface area contributed by atoms with E-state index in [1.165, 1.54) is 24.4 Å². The summed E-state index contributed by atoms with van der Waals surface area (Å²) in [6.45, 7) is 4.33. The molecule has 1 unspecified atom stereocenters. The van der Waals surface area contributed by atoms with Crippen molar-refractivity contribution in [3.63, 3.8) is 0 Å². The second kappa shape index (κ2) is 14.4. The van der Waals surface area contributed by atoms with Gasteiger partial charge in [0.15, 0.2) is 6.61 Å². The number of hydrogen-bond acceptors (Lipinski definition) is 5. The van der Waals surface area contributed by atoms with Crippen molar-refractivity contribution < 1.29 is 31.8 Å². The van der Waals surface area contributed by atoms with Crippen molar-refractivity contribution in [2.24, 2.45) is 0 Å². The zero-order valence-electron chi connectivity index (χ0n) is 18.3. The summed E-state index contributed by atoms with van der Waals surface area (Å²) in [5.41, 5.74) is 1.82. The van der Waals surface area contributed by atoms with Gasteiger partial charge in [0, 0.05) is 24.7 Å². The van der Waals surface area contributed by atoms with E-state index < -0.39 is 12.8 Å². The number of benzene rings is 1. The Morgan fingerprint density at radius 1 is 1.19 bits per heavy atom. The van der Waals surface area contributed by atoms with E-state index >= 15 is 0 Å². The highest BCUT2D eigenvalue weighted by Gasteiger charge is 2.29. The molecule has 2 aromatic rings. The molecule has 1 amide bonds. The summed E-state index contributed by atoms with van der Waals surface area (Å²) in [4.78, 5) is 14.0. The number of aromatic nitrogens is 1. The predicted octanol–water partition coefficient (Wildman–Crippen LogP) is 3.82. The van der Waals surface area contributed by atoms with Gasteiger partial charge in [-0.1, -0.05) is 26.0 Å². The maximum absolute atomic E-state index is 12.7. The molecule has 3 rings (SSSR count). The minimum atomic E-state index is -4.33.